The molecule has 0 radical (unpaired) electrons. The van der Waals surface area contributed by atoms with Gasteiger partial charge in [-0.05, 0) is 19.4 Å². The summed E-state index contributed by atoms with van der Waals surface area (Å²) in [5.41, 5.74) is 3.47. The predicted molar refractivity (Wildman–Crippen MR) is 110 cm³/mol. The Kier molecular flexibility index (Phi) is 4.25. The van der Waals surface area contributed by atoms with Gasteiger partial charge >= 0.3 is 0 Å². The number of hydrogen-bond acceptors (Lipinski definition) is 10. The number of aromatic amines is 1. The van der Waals surface area contributed by atoms with Gasteiger partial charge in [0.1, 0.15) is 17.1 Å². The average Bonchev–Trinajstić information content (AvgIpc) is 3.52. The number of hydrogen-bond donors (Lipinski definition) is 2. The number of oxazole rings is 1. The van der Waals surface area contributed by atoms with E-state index in [4.69, 9.17) is 14.1 Å². The van der Waals surface area contributed by atoms with E-state index in [0.29, 0.717) is 23.9 Å². The Morgan fingerprint density at radius 1 is 1.33 bits per heavy atom. The minimum atomic E-state index is -0.217. The van der Waals surface area contributed by atoms with Gasteiger partial charge in [0.25, 0.3) is 6.01 Å². The number of fused-ring (bicyclic) bond motifs is 3. The fourth-order valence-electron chi connectivity index (χ4n) is 4.21. The molecule has 7 rings (SSSR count). The number of tetrazole rings is 1. The summed E-state index contributed by atoms with van der Waals surface area (Å²) < 4.78 is 12.3. The van der Waals surface area contributed by atoms with Gasteiger partial charge in [0, 0.05) is 42.3 Å². The fraction of sp³-hybridized carbons (Fsp3) is 0.421. The van der Waals surface area contributed by atoms with Crippen LogP contribution in [0.1, 0.15) is 30.8 Å². The second-order valence-electron chi connectivity index (χ2n) is 7.70. The van der Waals surface area contributed by atoms with Gasteiger partial charge in [0.2, 0.25) is 0 Å². The van der Waals surface area contributed by atoms with E-state index in [-0.39, 0.29) is 12.7 Å². The Labute approximate surface area is 175 Å². The molecule has 0 saturated carbocycles. The highest BCUT2D eigenvalue weighted by molar-refractivity contribution is 7.13. The first-order valence-corrected chi connectivity index (χ1v) is 10.8. The number of rotatable bonds is 6. The third-order valence-corrected chi connectivity index (χ3v) is 6.51. The van der Waals surface area contributed by atoms with Crippen molar-refractivity contribution in [3.63, 3.8) is 0 Å². The van der Waals surface area contributed by atoms with Crippen LogP contribution in [0, 0.1) is 0 Å². The second-order valence-corrected chi connectivity index (χ2v) is 8.59. The molecule has 3 aliphatic rings. The zero-order chi connectivity index (χ0) is 20.1. The minimum Gasteiger partial charge on any atom is -0.423 e. The van der Waals surface area contributed by atoms with E-state index in [1.807, 2.05) is 24.4 Å². The summed E-state index contributed by atoms with van der Waals surface area (Å²) in [5.74, 6) is 0.512. The number of ether oxygens (including phenoxy) is 1. The van der Waals surface area contributed by atoms with Crippen molar-refractivity contribution in [2.75, 3.05) is 18.0 Å². The molecule has 1 aromatic carbocycles. The predicted octanol–water partition coefficient (Wildman–Crippen LogP) is 2.29. The Bertz CT molecular complexity index is 1140. The molecule has 11 heteroatoms. The summed E-state index contributed by atoms with van der Waals surface area (Å²) in [7, 11) is 0. The van der Waals surface area contributed by atoms with Crippen molar-refractivity contribution in [1.82, 2.24) is 35.9 Å². The van der Waals surface area contributed by atoms with E-state index < -0.39 is 0 Å². The molecule has 0 spiro atoms. The molecule has 3 atom stereocenters. The van der Waals surface area contributed by atoms with Crippen LogP contribution in [0.5, 0.6) is 0 Å². The number of nitrogens with zero attached hydrogens (tertiary/aromatic N) is 6. The average molecular weight is 424 g/mol. The number of H-pyrrole nitrogens is 1. The second kappa shape index (κ2) is 7.11. The third-order valence-electron chi connectivity index (χ3n) is 5.71. The first kappa shape index (κ1) is 17.9. The standard InChI is InChI=1S/C19H20N8O2S/c1-10(28-9-15-23-25-26-24-15)13-2-3-14(18-20-4-5-30-18)17-16(13)22-19(29-17)27-7-11-6-12(8-27)21-11/h2-5,10-12,21H,6-9H2,1H3,(H,23,24,25,26). The van der Waals surface area contributed by atoms with Crippen LogP contribution < -0.4 is 10.2 Å². The normalized spacial score (nSPS) is 21.7. The summed E-state index contributed by atoms with van der Waals surface area (Å²) in [6, 6.07) is 5.79. The molecular weight excluding hydrogens is 404 g/mol. The molecule has 3 fully saturated rings. The molecule has 30 heavy (non-hydrogen) atoms. The maximum Gasteiger partial charge on any atom is 0.298 e. The maximum absolute atomic E-state index is 6.33. The number of aromatic nitrogens is 6. The molecular formula is C19H20N8O2S. The number of thiazole rings is 1. The SMILES string of the molecule is CC(OCc1nn[nH]n1)c1ccc(-c2nccs2)c2oc(N3CC4CC(C3)N4)nc12. The zero-order valence-electron chi connectivity index (χ0n) is 16.3. The largest absolute Gasteiger partial charge is 0.423 e. The van der Waals surface area contributed by atoms with Crippen LogP contribution in [-0.4, -0.2) is 55.8 Å². The fourth-order valence-corrected chi connectivity index (χ4v) is 4.87. The molecule has 3 aromatic heterocycles. The highest BCUT2D eigenvalue weighted by atomic mass is 32.1. The molecule has 2 N–H and O–H groups in total. The van der Waals surface area contributed by atoms with Crippen molar-refractivity contribution in [3.05, 3.63) is 35.1 Å². The first-order valence-electron chi connectivity index (χ1n) is 9.93. The number of benzene rings is 1. The lowest BCUT2D eigenvalue weighted by Crippen LogP contribution is -2.67. The molecule has 0 aliphatic carbocycles. The summed E-state index contributed by atoms with van der Waals surface area (Å²) in [6.07, 6.45) is 2.82. The van der Waals surface area contributed by atoms with Crippen LogP contribution in [0.25, 0.3) is 21.7 Å². The van der Waals surface area contributed by atoms with Crippen molar-refractivity contribution < 1.29 is 9.15 Å². The molecule has 4 aromatic rings. The van der Waals surface area contributed by atoms with Crippen LogP contribution in [0.2, 0.25) is 0 Å². The van der Waals surface area contributed by atoms with E-state index in [1.165, 1.54) is 6.42 Å². The van der Waals surface area contributed by atoms with Gasteiger partial charge in [0.15, 0.2) is 11.4 Å². The highest BCUT2D eigenvalue weighted by Gasteiger charge is 2.38. The van der Waals surface area contributed by atoms with Crippen LogP contribution in [0.15, 0.2) is 28.1 Å². The number of anilines is 1. The minimum absolute atomic E-state index is 0.217. The van der Waals surface area contributed by atoms with Crippen molar-refractivity contribution in [1.29, 1.82) is 0 Å². The maximum atomic E-state index is 6.33. The Balaban J connectivity index is 1.38. The molecule has 3 unspecified atom stereocenters. The van der Waals surface area contributed by atoms with Gasteiger partial charge in [-0.25, -0.2) is 4.98 Å². The van der Waals surface area contributed by atoms with Crippen molar-refractivity contribution >= 4 is 28.5 Å². The molecule has 0 amide bonds. The monoisotopic (exact) mass is 424 g/mol. The Morgan fingerprint density at radius 2 is 2.20 bits per heavy atom. The number of piperidine rings is 1. The number of nitrogens with one attached hydrogen (secondary N) is 2. The number of piperazine rings is 1. The molecule has 10 nitrogen and oxygen atoms in total. The van der Waals surface area contributed by atoms with Crippen LogP contribution in [0.4, 0.5) is 6.01 Å². The van der Waals surface area contributed by atoms with Crippen molar-refractivity contribution in [3.8, 4) is 10.6 Å². The summed E-state index contributed by atoms with van der Waals surface area (Å²) in [6.45, 7) is 4.08. The van der Waals surface area contributed by atoms with E-state index in [0.717, 1.165) is 40.3 Å². The topological polar surface area (TPSA) is 118 Å². The lowest BCUT2D eigenvalue weighted by atomic mass is 9.92. The van der Waals surface area contributed by atoms with Gasteiger partial charge in [-0.1, -0.05) is 11.3 Å². The van der Waals surface area contributed by atoms with Crippen molar-refractivity contribution in [2.24, 2.45) is 0 Å². The molecule has 6 heterocycles. The summed E-state index contributed by atoms with van der Waals surface area (Å²) in [4.78, 5) is 11.6. The molecule has 3 aliphatic heterocycles. The van der Waals surface area contributed by atoms with Gasteiger partial charge in [-0.2, -0.15) is 10.2 Å². The van der Waals surface area contributed by atoms with Gasteiger partial charge in [-0.3, -0.25) is 0 Å². The lowest BCUT2D eigenvalue weighted by molar-refractivity contribution is 0.0491. The Morgan fingerprint density at radius 3 is 2.93 bits per heavy atom. The van der Waals surface area contributed by atoms with Gasteiger partial charge < -0.3 is 19.4 Å². The molecule has 154 valence electrons. The van der Waals surface area contributed by atoms with Gasteiger partial charge in [0.05, 0.1) is 11.7 Å². The van der Waals surface area contributed by atoms with Crippen LogP contribution in [0.3, 0.4) is 0 Å². The first-order chi connectivity index (χ1) is 14.7. The van der Waals surface area contributed by atoms with E-state index in [9.17, 15) is 0 Å². The smallest absolute Gasteiger partial charge is 0.298 e. The lowest BCUT2D eigenvalue weighted by Gasteiger charge is -2.47. The third kappa shape index (κ3) is 3.06. The summed E-state index contributed by atoms with van der Waals surface area (Å²) in [5, 5.41) is 20.3. The van der Waals surface area contributed by atoms with Crippen LogP contribution in [-0.2, 0) is 11.3 Å². The Hall–Kier alpha value is -2.89. The molecule has 2 bridgehead atoms. The summed E-state index contributed by atoms with van der Waals surface area (Å²) >= 11 is 1.59. The quantitative estimate of drug-likeness (QED) is 0.480. The zero-order valence-corrected chi connectivity index (χ0v) is 17.1. The van der Waals surface area contributed by atoms with E-state index >= 15 is 0 Å². The van der Waals surface area contributed by atoms with Crippen molar-refractivity contribution in [2.45, 2.75) is 38.1 Å². The van der Waals surface area contributed by atoms with E-state index in [2.05, 4.69) is 35.8 Å². The van der Waals surface area contributed by atoms with Crippen LogP contribution >= 0.6 is 11.3 Å². The van der Waals surface area contributed by atoms with Gasteiger partial charge in [-0.15, -0.1) is 21.5 Å². The molecule has 3 saturated heterocycles. The highest BCUT2D eigenvalue weighted by Crippen LogP contribution is 2.38. The van der Waals surface area contributed by atoms with E-state index in [1.54, 1.807) is 17.5 Å².